The maximum absolute atomic E-state index is 3.59. The first-order valence-electron chi connectivity index (χ1n) is 5.98. The van der Waals surface area contributed by atoms with Gasteiger partial charge in [-0.2, -0.15) is 0 Å². The van der Waals surface area contributed by atoms with E-state index in [1.807, 2.05) is 0 Å². The minimum atomic E-state index is 0.895. The fraction of sp³-hybridized carbons (Fsp3) is 1.00. The Balaban J connectivity index is 1.98. The van der Waals surface area contributed by atoms with Gasteiger partial charge in [0.1, 0.15) is 0 Å². The van der Waals surface area contributed by atoms with Gasteiger partial charge in [0.25, 0.3) is 0 Å². The molecule has 0 radical (unpaired) electrons. The summed E-state index contributed by atoms with van der Waals surface area (Å²) >= 11 is 0. The van der Waals surface area contributed by atoms with Crippen LogP contribution in [0.3, 0.4) is 0 Å². The molecule has 13 heavy (non-hydrogen) atoms. The van der Waals surface area contributed by atoms with Crippen LogP contribution in [0.4, 0.5) is 0 Å². The number of fused-ring (bicyclic) bond motifs is 2. The second-order valence-corrected chi connectivity index (χ2v) is 5.40. The van der Waals surface area contributed by atoms with Crippen molar-refractivity contribution in [2.45, 2.75) is 39.5 Å². The Morgan fingerprint density at radius 1 is 1.15 bits per heavy atom. The van der Waals surface area contributed by atoms with Crippen LogP contribution in [0, 0.1) is 23.7 Å². The predicted octanol–water partition coefficient (Wildman–Crippen LogP) is 2.67. The number of hydrogen-bond acceptors (Lipinski definition) is 1. The number of hydrogen-bond donors (Lipinski definition) is 1. The van der Waals surface area contributed by atoms with Crippen molar-refractivity contribution in [3.8, 4) is 0 Å². The molecule has 2 aliphatic rings. The molecule has 2 rings (SSSR count). The molecule has 2 fully saturated rings. The quantitative estimate of drug-likeness (QED) is 0.690. The van der Waals surface area contributed by atoms with Crippen LogP contribution >= 0.6 is 0 Å². The maximum Gasteiger partial charge on any atom is -0.00176 e. The minimum Gasteiger partial charge on any atom is -0.316 e. The van der Waals surface area contributed by atoms with Crippen molar-refractivity contribution in [2.75, 3.05) is 13.1 Å². The Hall–Kier alpha value is -0.0400. The van der Waals surface area contributed by atoms with E-state index in [9.17, 15) is 0 Å². The summed E-state index contributed by atoms with van der Waals surface area (Å²) in [7, 11) is 0. The average Bonchev–Trinajstić information content (AvgIpc) is 2.02. The monoisotopic (exact) mass is 181 g/mol. The Morgan fingerprint density at radius 2 is 1.77 bits per heavy atom. The van der Waals surface area contributed by atoms with E-state index in [4.69, 9.17) is 0 Å². The molecule has 0 amide bonds. The van der Waals surface area contributed by atoms with E-state index >= 15 is 0 Å². The summed E-state index contributed by atoms with van der Waals surface area (Å²) in [6.45, 7) is 7.34. The first-order valence-corrected chi connectivity index (χ1v) is 5.98. The third kappa shape index (κ3) is 2.07. The van der Waals surface area contributed by atoms with Gasteiger partial charge in [-0.05, 0) is 56.0 Å². The highest BCUT2D eigenvalue weighted by atomic mass is 14.9. The SMILES string of the molecule is CC(C)CC1C2CCCC1CNC2. The minimum absolute atomic E-state index is 0.895. The summed E-state index contributed by atoms with van der Waals surface area (Å²) in [5, 5.41) is 3.59. The molecular formula is C12H23N. The molecule has 1 heteroatoms. The molecule has 1 aliphatic heterocycles. The number of nitrogens with one attached hydrogen (secondary N) is 1. The molecule has 2 atom stereocenters. The molecular weight excluding hydrogens is 158 g/mol. The lowest BCUT2D eigenvalue weighted by Crippen LogP contribution is -2.46. The zero-order valence-electron chi connectivity index (χ0n) is 9.05. The number of piperidine rings is 1. The molecule has 1 saturated carbocycles. The van der Waals surface area contributed by atoms with Crippen molar-refractivity contribution >= 4 is 0 Å². The standard InChI is InChI=1S/C12H23N/c1-9(2)6-12-10-4-3-5-11(12)8-13-7-10/h9-13H,3-8H2,1-2H3. The van der Waals surface area contributed by atoms with Gasteiger partial charge in [0.15, 0.2) is 0 Å². The van der Waals surface area contributed by atoms with E-state index in [0.29, 0.717) is 0 Å². The third-order valence-corrected chi connectivity index (χ3v) is 3.92. The topological polar surface area (TPSA) is 12.0 Å². The van der Waals surface area contributed by atoms with Gasteiger partial charge < -0.3 is 5.32 Å². The van der Waals surface area contributed by atoms with Gasteiger partial charge in [-0.3, -0.25) is 0 Å². The van der Waals surface area contributed by atoms with Crippen LogP contribution < -0.4 is 5.32 Å². The zero-order valence-corrected chi connectivity index (χ0v) is 9.05. The highest BCUT2D eigenvalue weighted by Gasteiger charge is 2.35. The Morgan fingerprint density at radius 3 is 2.31 bits per heavy atom. The van der Waals surface area contributed by atoms with Gasteiger partial charge in [-0.1, -0.05) is 20.3 Å². The van der Waals surface area contributed by atoms with E-state index < -0.39 is 0 Å². The van der Waals surface area contributed by atoms with Gasteiger partial charge in [-0.15, -0.1) is 0 Å². The summed E-state index contributed by atoms with van der Waals surface area (Å²) in [5.41, 5.74) is 0. The molecule has 0 aromatic carbocycles. The second kappa shape index (κ2) is 4.00. The normalized spacial score (nSPS) is 39.5. The van der Waals surface area contributed by atoms with Crippen LogP contribution in [0.5, 0.6) is 0 Å². The zero-order chi connectivity index (χ0) is 9.26. The van der Waals surface area contributed by atoms with Crippen molar-refractivity contribution in [3.05, 3.63) is 0 Å². The van der Waals surface area contributed by atoms with E-state index in [0.717, 1.165) is 23.7 Å². The van der Waals surface area contributed by atoms with Crippen LogP contribution in [0.2, 0.25) is 0 Å². The van der Waals surface area contributed by atoms with E-state index in [1.54, 1.807) is 0 Å². The van der Waals surface area contributed by atoms with Crippen molar-refractivity contribution in [1.29, 1.82) is 0 Å². The molecule has 2 unspecified atom stereocenters. The molecule has 76 valence electrons. The lowest BCUT2D eigenvalue weighted by atomic mass is 9.67. The van der Waals surface area contributed by atoms with Crippen LogP contribution in [0.1, 0.15) is 39.5 Å². The lowest BCUT2D eigenvalue weighted by molar-refractivity contribution is 0.0901. The predicted molar refractivity (Wildman–Crippen MR) is 56.6 cm³/mol. The summed E-state index contributed by atoms with van der Waals surface area (Å²) in [5.74, 6) is 3.96. The Bertz CT molecular complexity index is 143. The second-order valence-electron chi connectivity index (χ2n) is 5.40. The van der Waals surface area contributed by atoms with E-state index in [1.165, 1.54) is 38.8 Å². The van der Waals surface area contributed by atoms with Crippen LogP contribution in [-0.2, 0) is 0 Å². The van der Waals surface area contributed by atoms with Crippen molar-refractivity contribution < 1.29 is 0 Å². The van der Waals surface area contributed by atoms with Gasteiger partial charge >= 0.3 is 0 Å². The molecule has 1 heterocycles. The van der Waals surface area contributed by atoms with Crippen molar-refractivity contribution in [1.82, 2.24) is 5.32 Å². The van der Waals surface area contributed by atoms with Crippen LogP contribution in [-0.4, -0.2) is 13.1 Å². The van der Waals surface area contributed by atoms with E-state index in [2.05, 4.69) is 19.2 Å². The van der Waals surface area contributed by atoms with Crippen molar-refractivity contribution in [2.24, 2.45) is 23.7 Å². The smallest absolute Gasteiger partial charge is 0.00176 e. The summed E-state index contributed by atoms with van der Waals surface area (Å²) in [6.07, 6.45) is 5.93. The Kier molecular flexibility index (Phi) is 2.92. The highest BCUT2D eigenvalue weighted by Crippen LogP contribution is 2.40. The molecule has 2 bridgehead atoms. The molecule has 0 aromatic rings. The van der Waals surface area contributed by atoms with Crippen LogP contribution in [0.15, 0.2) is 0 Å². The molecule has 0 spiro atoms. The third-order valence-electron chi connectivity index (χ3n) is 3.92. The summed E-state index contributed by atoms with van der Waals surface area (Å²) in [6, 6.07) is 0. The molecule has 1 N–H and O–H groups in total. The Labute approximate surface area is 82.3 Å². The highest BCUT2D eigenvalue weighted by molar-refractivity contribution is 4.88. The molecule has 1 saturated heterocycles. The lowest BCUT2D eigenvalue weighted by Gasteiger charge is -2.43. The fourth-order valence-electron chi connectivity index (χ4n) is 3.35. The summed E-state index contributed by atoms with van der Waals surface area (Å²) in [4.78, 5) is 0. The van der Waals surface area contributed by atoms with Gasteiger partial charge in [0.2, 0.25) is 0 Å². The average molecular weight is 181 g/mol. The van der Waals surface area contributed by atoms with Crippen molar-refractivity contribution in [3.63, 3.8) is 0 Å². The molecule has 0 aromatic heterocycles. The van der Waals surface area contributed by atoms with Gasteiger partial charge in [-0.25, -0.2) is 0 Å². The first-order chi connectivity index (χ1) is 6.27. The maximum atomic E-state index is 3.59. The van der Waals surface area contributed by atoms with E-state index in [-0.39, 0.29) is 0 Å². The first kappa shape index (κ1) is 9.51. The molecule has 1 nitrogen and oxygen atoms in total. The van der Waals surface area contributed by atoms with Crippen LogP contribution in [0.25, 0.3) is 0 Å². The van der Waals surface area contributed by atoms with Gasteiger partial charge in [0, 0.05) is 0 Å². The summed E-state index contributed by atoms with van der Waals surface area (Å²) < 4.78 is 0. The fourth-order valence-corrected chi connectivity index (χ4v) is 3.35. The number of rotatable bonds is 2. The molecule has 1 aliphatic carbocycles. The largest absolute Gasteiger partial charge is 0.316 e. The van der Waals surface area contributed by atoms with Gasteiger partial charge in [0.05, 0.1) is 0 Å².